The monoisotopic (exact) mass is 213 g/mol. The zero-order valence-corrected chi connectivity index (χ0v) is 9.49. The summed E-state index contributed by atoms with van der Waals surface area (Å²) in [6.07, 6.45) is 0.687. The molecule has 1 saturated heterocycles. The second-order valence-electron chi connectivity index (χ2n) is 4.26. The van der Waals surface area contributed by atoms with E-state index in [4.69, 9.17) is 5.73 Å². The molecule has 15 heavy (non-hydrogen) atoms. The van der Waals surface area contributed by atoms with Crippen LogP contribution in [0.15, 0.2) is 0 Å². The van der Waals surface area contributed by atoms with Gasteiger partial charge in [0.15, 0.2) is 0 Å². The number of carbonyl (C=O) groups excluding carboxylic acids is 2. The lowest BCUT2D eigenvalue weighted by molar-refractivity contribution is -0.133. The molecule has 0 bridgehead atoms. The molecule has 2 amide bonds. The van der Waals surface area contributed by atoms with Crippen LogP contribution in [0, 0.1) is 5.92 Å². The number of nitrogens with two attached hydrogens (primary N) is 1. The molecule has 1 fully saturated rings. The number of amides is 2. The molecule has 5 nitrogen and oxygen atoms in total. The van der Waals surface area contributed by atoms with E-state index < -0.39 is 0 Å². The Balaban J connectivity index is 2.49. The molecule has 3 atom stereocenters. The van der Waals surface area contributed by atoms with Gasteiger partial charge in [-0.3, -0.25) is 9.59 Å². The molecule has 86 valence electrons. The molecule has 0 aromatic carbocycles. The van der Waals surface area contributed by atoms with Gasteiger partial charge < -0.3 is 16.0 Å². The first-order chi connectivity index (χ1) is 6.93. The zero-order valence-electron chi connectivity index (χ0n) is 9.49. The average molecular weight is 213 g/mol. The quantitative estimate of drug-likeness (QED) is 0.652. The van der Waals surface area contributed by atoms with Gasteiger partial charge in [0.25, 0.3) is 0 Å². The first-order valence-corrected chi connectivity index (χ1v) is 5.24. The summed E-state index contributed by atoms with van der Waals surface area (Å²) >= 11 is 0. The number of carbonyl (C=O) groups is 2. The van der Waals surface area contributed by atoms with Crippen LogP contribution in [0.1, 0.15) is 20.3 Å². The van der Waals surface area contributed by atoms with Crippen LogP contribution < -0.4 is 11.1 Å². The van der Waals surface area contributed by atoms with Gasteiger partial charge in [-0.1, -0.05) is 6.92 Å². The largest absolute Gasteiger partial charge is 0.344 e. The van der Waals surface area contributed by atoms with Crippen molar-refractivity contribution in [3.05, 3.63) is 0 Å². The van der Waals surface area contributed by atoms with E-state index in [0.29, 0.717) is 13.0 Å². The van der Waals surface area contributed by atoms with Crippen molar-refractivity contribution in [3.63, 3.8) is 0 Å². The van der Waals surface area contributed by atoms with E-state index in [1.54, 1.807) is 25.8 Å². The highest BCUT2D eigenvalue weighted by atomic mass is 16.2. The average Bonchev–Trinajstić information content (AvgIpc) is 2.48. The van der Waals surface area contributed by atoms with E-state index in [0.717, 1.165) is 0 Å². The maximum Gasteiger partial charge on any atom is 0.244 e. The minimum Gasteiger partial charge on any atom is -0.344 e. The van der Waals surface area contributed by atoms with Gasteiger partial charge in [-0.05, 0) is 13.3 Å². The summed E-state index contributed by atoms with van der Waals surface area (Å²) in [6, 6.07) is -0.553. The number of likely N-dealkylation sites (tertiary alicyclic amines) is 1. The second-order valence-corrected chi connectivity index (χ2v) is 4.26. The first-order valence-electron chi connectivity index (χ1n) is 5.24. The lowest BCUT2D eigenvalue weighted by atomic mass is 10.0. The number of rotatable bonds is 3. The topological polar surface area (TPSA) is 75.4 Å². The fourth-order valence-electron chi connectivity index (χ4n) is 1.50. The summed E-state index contributed by atoms with van der Waals surface area (Å²) < 4.78 is 0. The van der Waals surface area contributed by atoms with E-state index in [2.05, 4.69) is 5.32 Å². The van der Waals surface area contributed by atoms with Gasteiger partial charge in [0, 0.05) is 25.6 Å². The zero-order chi connectivity index (χ0) is 11.6. The Hall–Kier alpha value is -1.10. The third kappa shape index (κ3) is 2.68. The lowest BCUT2D eigenvalue weighted by Gasteiger charge is -2.18. The van der Waals surface area contributed by atoms with Crippen molar-refractivity contribution < 1.29 is 9.59 Å². The molecule has 3 N–H and O–H groups in total. The molecule has 0 saturated carbocycles. The van der Waals surface area contributed by atoms with Gasteiger partial charge in [0.05, 0.1) is 0 Å². The summed E-state index contributed by atoms with van der Waals surface area (Å²) in [5.74, 6) is -0.414. The molecule has 0 aromatic rings. The molecule has 1 aliphatic rings. The molecule has 1 rings (SSSR count). The lowest BCUT2D eigenvalue weighted by Crippen LogP contribution is -2.46. The predicted octanol–water partition coefficient (Wildman–Crippen LogP) is -0.683. The van der Waals surface area contributed by atoms with Crippen LogP contribution in [-0.2, 0) is 9.59 Å². The fourth-order valence-corrected chi connectivity index (χ4v) is 1.50. The predicted molar refractivity (Wildman–Crippen MR) is 57.0 cm³/mol. The number of hydrogen-bond donors (Lipinski definition) is 2. The molecule has 0 radical (unpaired) electrons. The Morgan fingerprint density at radius 1 is 1.60 bits per heavy atom. The standard InChI is InChI=1S/C10H19N3O2/c1-6(7(2)11)9(14)12-8-4-5-13(3)10(8)15/h6-8H,4-5,11H2,1-3H3,(H,12,14). The Morgan fingerprint density at radius 3 is 2.60 bits per heavy atom. The van der Waals surface area contributed by atoms with Gasteiger partial charge in [-0.15, -0.1) is 0 Å². The van der Waals surface area contributed by atoms with Crippen LogP contribution in [0.3, 0.4) is 0 Å². The molecular formula is C10H19N3O2. The molecule has 1 heterocycles. The SMILES string of the molecule is CC(N)C(C)C(=O)NC1CCN(C)C1=O. The van der Waals surface area contributed by atoms with Crippen molar-refractivity contribution in [1.29, 1.82) is 0 Å². The maximum absolute atomic E-state index is 11.6. The third-order valence-corrected chi connectivity index (χ3v) is 2.95. The summed E-state index contributed by atoms with van der Waals surface area (Å²) in [7, 11) is 1.74. The molecule has 0 spiro atoms. The summed E-state index contributed by atoms with van der Waals surface area (Å²) in [5.41, 5.74) is 5.62. The van der Waals surface area contributed by atoms with E-state index in [1.165, 1.54) is 0 Å². The number of hydrogen-bond acceptors (Lipinski definition) is 3. The van der Waals surface area contributed by atoms with Gasteiger partial charge in [0.1, 0.15) is 6.04 Å². The van der Waals surface area contributed by atoms with Crippen molar-refractivity contribution >= 4 is 11.8 Å². The van der Waals surface area contributed by atoms with Gasteiger partial charge in [-0.2, -0.15) is 0 Å². The van der Waals surface area contributed by atoms with E-state index in [1.807, 2.05) is 0 Å². The normalized spacial score (nSPS) is 25.2. The fraction of sp³-hybridized carbons (Fsp3) is 0.800. The molecule has 0 aromatic heterocycles. The van der Waals surface area contributed by atoms with Crippen LogP contribution >= 0.6 is 0 Å². The molecule has 3 unspecified atom stereocenters. The summed E-state index contributed by atoms with van der Waals surface area (Å²) in [4.78, 5) is 24.8. The van der Waals surface area contributed by atoms with Crippen molar-refractivity contribution in [1.82, 2.24) is 10.2 Å². The highest BCUT2D eigenvalue weighted by Crippen LogP contribution is 2.10. The summed E-state index contributed by atoms with van der Waals surface area (Å²) in [6.45, 7) is 4.26. The van der Waals surface area contributed by atoms with Crippen LogP contribution in [0.5, 0.6) is 0 Å². The maximum atomic E-state index is 11.6. The van der Waals surface area contributed by atoms with Crippen LogP contribution in [0.2, 0.25) is 0 Å². The Morgan fingerprint density at radius 2 is 2.20 bits per heavy atom. The summed E-state index contributed by atoms with van der Waals surface area (Å²) in [5, 5.41) is 2.73. The van der Waals surface area contributed by atoms with Crippen LogP contribution in [-0.4, -0.2) is 42.4 Å². The molecule has 0 aliphatic carbocycles. The van der Waals surface area contributed by atoms with Gasteiger partial charge in [-0.25, -0.2) is 0 Å². The third-order valence-electron chi connectivity index (χ3n) is 2.95. The van der Waals surface area contributed by atoms with Crippen molar-refractivity contribution in [2.75, 3.05) is 13.6 Å². The molecular weight excluding hydrogens is 194 g/mol. The van der Waals surface area contributed by atoms with Crippen molar-refractivity contribution in [2.24, 2.45) is 11.7 Å². The number of nitrogens with zero attached hydrogens (tertiary/aromatic N) is 1. The highest BCUT2D eigenvalue weighted by molar-refractivity contribution is 5.89. The van der Waals surface area contributed by atoms with Crippen molar-refractivity contribution in [2.45, 2.75) is 32.4 Å². The smallest absolute Gasteiger partial charge is 0.244 e. The second kappa shape index (κ2) is 4.61. The van der Waals surface area contributed by atoms with Crippen molar-refractivity contribution in [3.8, 4) is 0 Å². The molecule has 5 heteroatoms. The Kier molecular flexibility index (Phi) is 3.68. The van der Waals surface area contributed by atoms with Crippen LogP contribution in [0.4, 0.5) is 0 Å². The minimum atomic E-state index is -0.358. The van der Waals surface area contributed by atoms with Gasteiger partial charge in [0.2, 0.25) is 11.8 Å². The Labute approximate surface area is 90.0 Å². The highest BCUT2D eigenvalue weighted by Gasteiger charge is 2.31. The molecule has 1 aliphatic heterocycles. The van der Waals surface area contributed by atoms with Crippen LogP contribution in [0.25, 0.3) is 0 Å². The van der Waals surface area contributed by atoms with E-state index in [9.17, 15) is 9.59 Å². The number of likely N-dealkylation sites (N-methyl/N-ethyl adjacent to an activating group) is 1. The van der Waals surface area contributed by atoms with Gasteiger partial charge >= 0.3 is 0 Å². The van der Waals surface area contributed by atoms with E-state index >= 15 is 0 Å². The Bertz CT molecular complexity index is 265. The first kappa shape index (κ1) is 12.0. The number of nitrogens with one attached hydrogen (secondary N) is 1. The minimum absolute atomic E-state index is 0.0137. The van der Waals surface area contributed by atoms with E-state index in [-0.39, 0.29) is 29.8 Å².